The molecular formula is C17H19FN6O. The number of hydrogen-bond donors (Lipinski definition) is 3. The van der Waals surface area contributed by atoms with Crippen LogP contribution >= 0.6 is 0 Å². The van der Waals surface area contributed by atoms with Crippen LogP contribution in [-0.4, -0.2) is 44.6 Å². The highest BCUT2D eigenvalue weighted by molar-refractivity contribution is 5.92. The number of anilines is 1. The van der Waals surface area contributed by atoms with Crippen molar-refractivity contribution in [1.29, 1.82) is 0 Å². The molecule has 0 bridgehead atoms. The summed E-state index contributed by atoms with van der Waals surface area (Å²) in [4.78, 5) is 28.3. The summed E-state index contributed by atoms with van der Waals surface area (Å²) < 4.78 is 12.2. The van der Waals surface area contributed by atoms with Crippen LogP contribution in [0.5, 0.6) is 0 Å². The van der Waals surface area contributed by atoms with Crippen molar-refractivity contribution >= 4 is 22.8 Å². The van der Waals surface area contributed by atoms with Gasteiger partial charge in [0.2, 0.25) is 5.91 Å². The van der Waals surface area contributed by atoms with E-state index < -0.39 is 12.2 Å². The monoisotopic (exact) mass is 342 g/mol. The largest absolute Gasteiger partial charge is 0.356 e. The van der Waals surface area contributed by atoms with E-state index in [4.69, 9.17) is 0 Å². The van der Waals surface area contributed by atoms with E-state index in [9.17, 15) is 9.18 Å². The molecule has 1 amide bonds. The van der Waals surface area contributed by atoms with Gasteiger partial charge in [0.25, 0.3) is 0 Å². The summed E-state index contributed by atoms with van der Waals surface area (Å²) in [5, 5.41) is 6.51. The van der Waals surface area contributed by atoms with Crippen LogP contribution in [0.1, 0.15) is 13.8 Å². The van der Waals surface area contributed by atoms with E-state index in [0.29, 0.717) is 11.6 Å². The van der Waals surface area contributed by atoms with Gasteiger partial charge in [0, 0.05) is 36.1 Å². The SMILES string of the molecule is CC(C)(Nc1ccnc(-c2c[nH]c3ncccc23)n1)C(=O)NCCF. The number of nitrogens with zero attached hydrogens (tertiary/aromatic N) is 3. The van der Waals surface area contributed by atoms with Crippen molar-refractivity contribution in [3.05, 3.63) is 36.8 Å². The van der Waals surface area contributed by atoms with Gasteiger partial charge >= 0.3 is 0 Å². The Hall–Kier alpha value is -3.03. The first kappa shape index (κ1) is 16.8. The Kier molecular flexibility index (Phi) is 4.60. The molecule has 0 saturated heterocycles. The summed E-state index contributed by atoms with van der Waals surface area (Å²) in [6.07, 6.45) is 5.13. The summed E-state index contributed by atoms with van der Waals surface area (Å²) in [7, 11) is 0. The van der Waals surface area contributed by atoms with Gasteiger partial charge in [-0.3, -0.25) is 4.79 Å². The lowest BCUT2D eigenvalue weighted by atomic mass is 10.0. The van der Waals surface area contributed by atoms with Crippen molar-refractivity contribution in [2.75, 3.05) is 18.5 Å². The molecule has 0 spiro atoms. The highest BCUT2D eigenvalue weighted by Gasteiger charge is 2.27. The van der Waals surface area contributed by atoms with Crippen molar-refractivity contribution in [3.8, 4) is 11.4 Å². The van der Waals surface area contributed by atoms with E-state index in [1.54, 1.807) is 38.5 Å². The quantitative estimate of drug-likeness (QED) is 0.639. The zero-order valence-electron chi connectivity index (χ0n) is 14.0. The first-order valence-corrected chi connectivity index (χ1v) is 7.89. The molecule has 3 N–H and O–H groups in total. The second-order valence-electron chi connectivity index (χ2n) is 6.06. The molecule has 0 atom stereocenters. The first-order valence-electron chi connectivity index (χ1n) is 7.89. The number of halogens is 1. The molecular weight excluding hydrogens is 323 g/mol. The van der Waals surface area contributed by atoms with Crippen molar-refractivity contribution < 1.29 is 9.18 Å². The van der Waals surface area contributed by atoms with Crippen LogP contribution < -0.4 is 10.6 Å². The number of fused-ring (bicyclic) bond motifs is 1. The van der Waals surface area contributed by atoms with E-state index in [2.05, 4.69) is 30.6 Å². The smallest absolute Gasteiger partial charge is 0.245 e. The topological polar surface area (TPSA) is 95.6 Å². The summed E-state index contributed by atoms with van der Waals surface area (Å²) in [6.45, 7) is 2.80. The fraction of sp³-hybridized carbons (Fsp3) is 0.294. The minimum Gasteiger partial charge on any atom is -0.356 e. The van der Waals surface area contributed by atoms with Crippen molar-refractivity contribution in [2.24, 2.45) is 0 Å². The van der Waals surface area contributed by atoms with Gasteiger partial charge in [-0.1, -0.05) is 0 Å². The van der Waals surface area contributed by atoms with Gasteiger partial charge in [-0.05, 0) is 32.0 Å². The minimum absolute atomic E-state index is 0.0126. The molecule has 25 heavy (non-hydrogen) atoms. The third kappa shape index (κ3) is 3.57. The van der Waals surface area contributed by atoms with Crippen LogP contribution in [-0.2, 0) is 4.79 Å². The van der Waals surface area contributed by atoms with Crippen LogP contribution in [0, 0.1) is 0 Å². The van der Waals surface area contributed by atoms with Crippen molar-refractivity contribution in [2.45, 2.75) is 19.4 Å². The molecule has 3 aromatic rings. The summed E-state index contributed by atoms with van der Waals surface area (Å²) >= 11 is 0. The summed E-state index contributed by atoms with van der Waals surface area (Å²) in [5.41, 5.74) is 0.638. The number of carbonyl (C=O) groups excluding carboxylic acids is 1. The van der Waals surface area contributed by atoms with Crippen LogP contribution in [0.3, 0.4) is 0 Å². The fourth-order valence-corrected chi connectivity index (χ4v) is 2.46. The molecule has 7 nitrogen and oxygen atoms in total. The highest BCUT2D eigenvalue weighted by atomic mass is 19.1. The molecule has 0 aliphatic carbocycles. The molecule has 0 radical (unpaired) electrons. The standard InChI is InChI=1S/C17H19FN6O/c1-17(2,16(25)21-9-6-18)24-13-5-8-20-15(23-13)12-10-22-14-11(12)4-3-7-19-14/h3-5,7-8,10H,6,9H2,1-2H3,(H,19,22)(H,21,25)(H,20,23,24). The number of nitrogens with one attached hydrogen (secondary N) is 3. The number of amides is 1. The van der Waals surface area contributed by atoms with E-state index in [1.807, 2.05) is 12.1 Å². The van der Waals surface area contributed by atoms with Gasteiger partial charge in [-0.2, -0.15) is 0 Å². The Morgan fingerprint density at radius 1 is 1.28 bits per heavy atom. The van der Waals surface area contributed by atoms with Gasteiger partial charge in [0.1, 0.15) is 23.7 Å². The molecule has 130 valence electrons. The predicted molar refractivity (Wildman–Crippen MR) is 93.8 cm³/mol. The Bertz CT molecular complexity index is 891. The number of H-pyrrole nitrogens is 1. The Labute approximate surface area is 144 Å². The van der Waals surface area contributed by atoms with Crippen LogP contribution in [0.25, 0.3) is 22.4 Å². The molecule has 3 rings (SSSR count). The molecule has 0 fully saturated rings. The zero-order valence-corrected chi connectivity index (χ0v) is 14.0. The Balaban J connectivity index is 1.86. The number of aromatic amines is 1. The third-order valence-electron chi connectivity index (χ3n) is 3.74. The maximum Gasteiger partial charge on any atom is 0.245 e. The van der Waals surface area contributed by atoms with Crippen LogP contribution in [0.15, 0.2) is 36.8 Å². The fourth-order valence-electron chi connectivity index (χ4n) is 2.46. The second-order valence-corrected chi connectivity index (χ2v) is 6.06. The van der Waals surface area contributed by atoms with Gasteiger partial charge in [0.05, 0.1) is 0 Å². The average Bonchev–Trinajstić information content (AvgIpc) is 3.03. The van der Waals surface area contributed by atoms with Crippen molar-refractivity contribution in [1.82, 2.24) is 25.3 Å². The maximum absolute atomic E-state index is 12.2. The van der Waals surface area contributed by atoms with Gasteiger partial charge in [0.15, 0.2) is 5.82 Å². The summed E-state index contributed by atoms with van der Waals surface area (Å²) in [5.74, 6) is 0.717. The van der Waals surface area contributed by atoms with Gasteiger partial charge in [-0.15, -0.1) is 0 Å². The van der Waals surface area contributed by atoms with Crippen LogP contribution in [0.2, 0.25) is 0 Å². The predicted octanol–water partition coefficient (Wildman–Crippen LogP) is 2.30. The number of alkyl halides is 1. The van der Waals surface area contributed by atoms with E-state index in [1.165, 1.54) is 0 Å². The minimum atomic E-state index is -0.942. The van der Waals surface area contributed by atoms with Gasteiger partial charge < -0.3 is 15.6 Å². The van der Waals surface area contributed by atoms with Crippen LogP contribution in [0.4, 0.5) is 10.2 Å². The third-order valence-corrected chi connectivity index (χ3v) is 3.74. The molecule has 8 heteroatoms. The summed E-state index contributed by atoms with van der Waals surface area (Å²) in [6, 6.07) is 5.47. The van der Waals surface area contributed by atoms with E-state index in [0.717, 1.165) is 16.6 Å². The molecule has 3 heterocycles. The average molecular weight is 342 g/mol. The molecule has 0 aliphatic rings. The number of hydrogen-bond acceptors (Lipinski definition) is 5. The molecule has 0 aliphatic heterocycles. The zero-order chi connectivity index (χ0) is 17.9. The number of rotatable bonds is 6. The molecule has 3 aromatic heterocycles. The lowest BCUT2D eigenvalue weighted by Crippen LogP contribution is -2.48. The van der Waals surface area contributed by atoms with Crippen molar-refractivity contribution in [3.63, 3.8) is 0 Å². The molecule has 0 unspecified atom stereocenters. The normalized spacial score (nSPS) is 11.5. The highest BCUT2D eigenvalue weighted by Crippen LogP contribution is 2.25. The Morgan fingerprint density at radius 2 is 2.12 bits per heavy atom. The van der Waals surface area contributed by atoms with E-state index >= 15 is 0 Å². The number of carbonyl (C=O) groups is 1. The lowest BCUT2D eigenvalue weighted by molar-refractivity contribution is -0.124. The van der Waals surface area contributed by atoms with E-state index in [-0.39, 0.29) is 12.5 Å². The first-order chi connectivity index (χ1) is 12.0. The molecule has 0 aromatic carbocycles. The number of pyridine rings is 1. The number of aromatic nitrogens is 4. The Morgan fingerprint density at radius 3 is 2.92 bits per heavy atom. The maximum atomic E-state index is 12.2. The molecule has 0 saturated carbocycles. The van der Waals surface area contributed by atoms with Gasteiger partial charge in [-0.25, -0.2) is 19.3 Å². The lowest BCUT2D eigenvalue weighted by Gasteiger charge is -2.25. The second kappa shape index (κ2) is 6.84.